The number of aryl methyl sites for hydroxylation is 1. The molecule has 0 saturated heterocycles. The van der Waals surface area contributed by atoms with E-state index >= 15 is 0 Å². The SMILES string of the molecule is C#Cc1ccc(-c2ccccc2NC(=O)c2cnn(C)c2)cc1. The van der Waals surface area contributed by atoms with Crippen LogP contribution in [0.25, 0.3) is 11.1 Å². The monoisotopic (exact) mass is 301 g/mol. The van der Waals surface area contributed by atoms with E-state index in [2.05, 4.69) is 16.3 Å². The number of amides is 1. The zero-order valence-corrected chi connectivity index (χ0v) is 12.7. The predicted molar refractivity (Wildman–Crippen MR) is 91.0 cm³/mol. The van der Waals surface area contributed by atoms with Crippen molar-refractivity contribution in [3.63, 3.8) is 0 Å². The van der Waals surface area contributed by atoms with Gasteiger partial charge < -0.3 is 5.32 Å². The van der Waals surface area contributed by atoms with Crippen LogP contribution in [0, 0.1) is 12.3 Å². The Labute approximate surface area is 134 Å². The quantitative estimate of drug-likeness (QED) is 0.754. The minimum absolute atomic E-state index is 0.189. The minimum atomic E-state index is -0.189. The first-order valence-corrected chi connectivity index (χ1v) is 7.13. The molecule has 4 nitrogen and oxygen atoms in total. The fourth-order valence-electron chi connectivity index (χ4n) is 2.32. The zero-order chi connectivity index (χ0) is 16.2. The van der Waals surface area contributed by atoms with Crippen molar-refractivity contribution in [2.45, 2.75) is 0 Å². The number of rotatable bonds is 3. The fraction of sp³-hybridized carbons (Fsp3) is 0.0526. The summed E-state index contributed by atoms with van der Waals surface area (Å²) in [7, 11) is 1.78. The fourth-order valence-corrected chi connectivity index (χ4v) is 2.32. The highest BCUT2D eigenvalue weighted by Crippen LogP contribution is 2.28. The van der Waals surface area contributed by atoms with E-state index in [0.29, 0.717) is 5.56 Å². The van der Waals surface area contributed by atoms with Gasteiger partial charge in [0.15, 0.2) is 0 Å². The molecular formula is C19H15N3O. The van der Waals surface area contributed by atoms with Crippen molar-refractivity contribution in [3.05, 3.63) is 72.1 Å². The van der Waals surface area contributed by atoms with Crippen molar-refractivity contribution < 1.29 is 4.79 Å². The molecule has 0 saturated carbocycles. The molecule has 0 fully saturated rings. The van der Waals surface area contributed by atoms with E-state index in [1.54, 1.807) is 24.1 Å². The maximum absolute atomic E-state index is 12.3. The van der Waals surface area contributed by atoms with Gasteiger partial charge in [0.05, 0.1) is 11.8 Å². The number of anilines is 1. The molecule has 3 rings (SSSR count). The first-order chi connectivity index (χ1) is 11.2. The van der Waals surface area contributed by atoms with Crippen LogP contribution in [0.5, 0.6) is 0 Å². The summed E-state index contributed by atoms with van der Waals surface area (Å²) in [4.78, 5) is 12.3. The van der Waals surface area contributed by atoms with Gasteiger partial charge in [-0.3, -0.25) is 9.48 Å². The van der Waals surface area contributed by atoms with Crippen LogP contribution in [0.1, 0.15) is 15.9 Å². The molecule has 23 heavy (non-hydrogen) atoms. The Bertz CT molecular complexity index is 885. The van der Waals surface area contributed by atoms with Crippen molar-refractivity contribution in [2.75, 3.05) is 5.32 Å². The number of aromatic nitrogens is 2. The van der Waals surface area contributed by atoms with Crippen molar-refractivity contribution in [3.8, 4) is 23.5 Å². The van der Waals surface area contributed by atoms with Crippen molar-refractivity contribution in [2.24, 2.45) is 7.05 Å². The van der Waals surface area contributed by atoms with Gasteiger partial charge >= 0.3 is 0 Å². The van der Waals surface area contributed by atoms with Crippen LogP contribution in [0.15, 0.2) is 60.9 Å². The molecule has 0 bridgehead atoms. The van der Waals surface area contributed by atoms with Gasteiger partial charge in [-0.1, -0.05) is 36.3 Å². The number of carbonyl (C=O) groups is 1. The van der Waals surface area contributed by atoms with Gasteiger partial charge in [0.2, 0.25) is 0 Å². The number of carbonyl (C=O) groups excluding carboxylic acids is 1. The Kier molecular flexibility index (Phi) is 3.94. The predicted octanol–water partition coefficient (Wildman–Crippen LogP) is 3.32. The van der Waals surface area contributed by atoms with Gasteiger partial charge in [-0.05, 0) is 23.8 Å². The second kappa shape index (κ2) is 6.20. The van der Waals surface area contributed by atoms with E-state index in [-0.39, 0.29) is 5.91 Å². The lowest BCUT2D eigenvalue weighted by atomic mass is 10.0. The first kappa shape index (κ1) is 14.6. The van der Waals surface area contributed by atoms with Gasteiger partial charge in [0, 0.05) is 30.1 Å². The van der Waals surface area contributed by atoms with E-state index in [0.717, 1.165) is 22.4 Å². The zero-order valence-electron chi connectivity index (χ0n) is 12.7. The van der Waals surface area contributed by atoms with E-state index in [1.807, 2.05) is 48.5 Å². The largest absolute Gasteiger partial charge is 0.321 e. The smallest absolute Gasteiger partial charge is 0.258 e. The molecule has 1 amide bonds. The summed E-state index contributed by atoms with van der Waals surface area (Å²) in [6.07, 6.45) is 8.61. The molecule has 112 valence electrons. The first-order valence-electron chi connectivity index (χ1n) is 7.13. The summed E-state index contributed by atoms with van der Waals surface area (Å²) in [6, 6.07) is 15.3. The molecule has 0 radical (unpaired) electrons. The second-order valence-corrected chi connectivity index (χ2v) is 5.12. The normalized spacial score (nSPS) is 10.1. The maximum Gasteiger partial charge on any atom is 0.258 e. The third-order valence-electron chi connectivity index (χ3n) is 3.50. The Morgan fingerprint density at radius 1 is 1.17 bits per heavy atom. The topological polar surface area (TPSA) is 46.9 Å². The third-order valence-corrected chi connectivity index (χ3v) is 3.50. The molecule has 1 N–H and O–H groups in total. The summed E-state index contributed by atoms with van der Waals surface area (Å²) in [6.45, 7) is 0. The summed E-state index contributed by atoms with van der Waals surface area (Å²) in [5.74, 6) is 2.41. The number of nitrogens with zero attached hydrogens (tertiary/aromatic N) is 2. The van der Waals surface area contributed by atoms with Crippen LogP contribution >= 0.6 is 0 Å². The van der Waals surface area contributed by atoms with Gasteiger partial charge in [-0.25, -0.2) is 0 Å². The molecule has 4 heteroatoms. The summed E-state index contributed by atoms with van der Waals surface area (Å²) < 4.78 is 1.60. The number of para-hydroxylation sites is 1. The third kappa shape index (κ3) is 3.14. The van der Waals surface area contributed by atoms with Crippen molar-refractivity contribution in [1.82, 2.24) is 9.78 Å². The highest BCUT2D eigenvalue weighted by Gasteiger charge is 2.11. The Hall–Kier alpha value is -3.32. The molecule has 0 aliphatic heterocycles. The standard InChI is InChI=1S/C19H15N3O/c1-3-14-8-10-15(11-9-14)17-6-4-5-7-18(17)21-19(23)16-12-20-22(2)13-16/h1,4-13H,2H3,(H,21,23). The number of hydrogen-bond donors (Lipinski definition) is 1. The molecule has 0 aliphatic carbocycles. The average molecular weight is 301 g/mol. The van der Waals surface area contributed by atoms with Crippen LogP contribution in [0.2, 0.25) is 0 Å². The Balaban J connectivity index is 1.91. The molecule has 0 aliphatic rings. The highest BCUT2D eigenvalue weighted by atomic mass is 16.1. The lowest BCUT2D eigenvalue weighted by Gasteiger charge is -2.11. The molecule has 3 aromatic rings. The number of nitrogens with one attached hydrogen (secondary N) is 1. The molecule has 0 spiro atoms. The average Bonchev–Trinajstić information content (AvgIpc) is 3.02. The highest BCUT2D eigenvalue weighted by molar-refractivity contribution is 6.06. The van der Waals surface area contributed by atoms with Crippen molar-refractivity contribution >= 4 is 11.6 Å². The van der Waals surface area contributed by atoms with E-state index in [9.17, 15) is 4.79 Å². The molecule has 1 heterocycles. The Morgan fingerprint density at radius 2 is 1.91 bits per heavy atom. The molecule has 1 aromatic heterocycles. The molecule has 0 unspecified atom stereocenters. The number of terminal acetylenes is 1. The Morgan fingerprint density at radius 3 is 2.57 bits per heavy atom. The molecule has 0 atom stereocenters. The van der Waals surface area contributed by atoms with E-state index in [4.69, 9.17) is 6.42 Å². The van der Waals surface area contributed by atoms with Crippen LogP contribution in [-0.2, 0) is 7.05 Å². The molecule has 2 aromatic carbocycles. The van der Waals surface area contributed by atoms with Crippen molar-refractivity contribution in [1.29, 1.82) is 0 Å². The minimum Gasteiger partial charge on any atom is -0.321 e. The van der Waals surface area contributed by atoms with Gasteiger partial charge in [0.25, 0.3) is 5.91 Å². The van der Waals surface area contributed by atoms with Crippen LogP contribution in [0.3, 0.4) is 0 Å². The van der Waals surface area contributed by atoms with Gasteiger partial charge in [-0.15, -0.1) is 6.42 Å². The van der Waals surface area contributed by atoms with Gasteiger partial charge in [-0.2, -0.15) is 5.10 Å². The van der Waals surface area contributed by atoms with E-state index < -0.39 is 0 Å². The number of benzene rings is 2. The summed E-state index contributed by atoms with van der Waals surface area (Å²) >= 11 is 0. The van der Waals surface area contributed by atoms with Crippen LogP contribution in [0.4, 0.5) is 5.69 Å². The maximum atomic E-state index is 12.3. The van der Waals surface area contributed by atoms with E-state index in [1.165, 1.54) is 0 Å². The summed E-state index contributed by atoms with van der Waals surface area (Å²) in [5, 5.41) is 6.95. The molecular weight excluding hydrogens is 286 g/mol. The lowest BCUT2D eigenvalue weighted by Crippen LogP contribution is -2.11. The van der Waals surface area contributed by atoms with Crippen LogP contribution < -0.4 is 5.32 Å². The lowest BCUT2D eigenvalue weighted by molar-refractivity contribution is 0.102. The van der Waals surface area contributed by atoms with Gasteiger partial charge in [0.1, 0.15) is 0 Å². The summed E-state index contributed by atoms with van der Waals surface area (Å²) in [5.41, 5.74) is 4.02. The second-order valence-electron chi connectivity index (χ2n) is 5.12. The number of hydrogen-bond acceptors (Lipinski definition) is 2. The van der Waals surface area contributed by atoms with Crippen LogP contribution in [-0.4, -0.2) is 15.7 Å².